The molecule has 10 heavy (non-hydrogen) atoms. The monoisotopic (exact) mass is 155 g/mol. The van der Waals surface area contributed by atoms with E-state index >= 15 is 0 Å². The van der Waals surface area contributed by atoms with Crippen LogP contribution in [0.1, 0.15) is 0 Å². The molecule has 4 nitrogen and oxygen atoms in total. The molecule has 6 heteroatoms. The van der Waals surface area contributed by atoms with Crippen molar-refractivity contribution in [1.82, 2.24) is 0 Å². The van der Waals surface area contributed by atoms with Crippen molar-refractivity contribution in [3.8, 4) is 0 Å². The van der Waals surface area contributed by atoms with Gasteiger partial charge in [0, 0.05) is 0 Å². The lowest BCUT2D eigenvalue weighted by molar-refractivity contribution is -0.152. The van der Waals surface area contributed by atoms with E-state index in [1.165, 1.54) is 0 Å². The molecular formula is C4H7F2NO3. The molecule has 1 unspecified atom stereocenters. The number of nitrogens with two attached hydrogens (primary N) is 1. The number of carbonyl (C=O) groups is 1. The Balaban J connectivity index is 4.38. The van der Waals surface area contributed by atoms with E-state index in [2.05, 4.69) is 5.73 Å². The summed E-state index contributed by atoms with van der Waals surface area (Å²) in [5.41, 5.74) is 1.76. The smallest absolute Gasteiger partial charge is 0.332 e. The Labute approximate surface area is 55.3 Å². The fourth-order valence-electron chi connectivity index (χ4n) is 0.230. The van der Waals surface area contributed by atoms with Crippen molar-refractivity contribution in [1.29, 1.82) is 0 Å². The second kappa shape index (κ2) is 2.89. The Morgan fingerprint density at radius 3 is 2.10 bits per heavy atom. The van der Waals surface area contributed by atoms with Crippen molar-refractivity contribution in [3.63, 3.8) is 0 Å². The van der Waals surface area contributed by atoms with Gasteiger partial charge in [-0.15, -0.1) is 0 Å². The molecule has 0 aliphatic carbocycles. The van der Waals surface area contributed by atoms with E-state index in [1.54, 1.807) is 0 Å². The number of aliphatic carboxylic acids is 1. The Bertz CT molecular complexity index is 140. The maximum absolute atomic E-state index is 11.7. The number of rotatable bonds is 3. The van der Waals surface area contributed by atoms with E-state index in [1.807, 2.05) is 0 Å². The molecule has 0 aliphatic rings. The molecule has 0 aromatic heterocycles. The van der Waals surface area contributed by atoms with Crippen LogP contribution in [0.25, 0.3) is 0 Å². The molecule has 0 aliphatic heterocycles. The van der Waals surface area contributed by atoms with Crippen LogP contribution in [0, 0.1) is 0 Å². The van der Waals surface area contributed by atoms with E-state index in [4.69, 9.17) is 10.2 Å². The van der Waals surface area contributed by atoms with Gasteiger partial charge in [0.25, 0.3) is 6.43 Å². The third-order valence-corrected chi connectivity index (χ3v) is 1.05. The van der Waals surface area contributed by atoms with Gasteiger partial charge in [-0.05, 0) is 0 Å². The minimum atomic E-state index is -3.27. The molecule has 4 N–H and O–H groups in total. The molecule has 1 atom stereocenters. The van der Waals surface area contributed by atoms with E-state index in [-0.39, 0.29) is 0 Å². The summed E-state index contributed by atoms with van der Waals surface area (Å²) in [4.78, 5) is 9.93. The van der Waals surface area contributed by atoms with Crippen LogP contribution in [-0.2, 0) is 4.79 Å². The van der Waals surface area contributed by atoms with Gasteiger partial charge in [-0.3, -0.25) is 0 Å². The predicted octanol–water partition coefficient (Wildman–Crippen LogP) is -0.974. The van der Waals surface area contributed by atoms with Crippen molar-refractivity contribution in [2.45, 2.75) is 12.0 Å². The highest BCUT2D eigenvalue weighted by Gasteiger charge is 2.43. The van der Waals surface area contributed by atoms with Gasteiger partial charge in [0.05, 0.1) is 6.61 Å². The van der Waals surface area contributed by atoms with E-state index in [9.17, 15) is 13.6 Å². The summed E-state index contributed by atoms with van der Waals surface area (Å²) in [6, 6.07) is 0. The van der Waals surface area contributed by atoms with E-state index in [0.717, 1.165) is 0 Å². The molecular weight excluding hydrogens is 148 g/mol. The zero-order chi connectivity index (χ0) is 8.36. The number of alkyl halides is 2. The summed E-state index contributed by atoms with van der Waals surface area (Å²) in [5, 5.41) is 16.2. The number of hydrogen-bond donors (Lipinski definition) is 3. The first-order valence-corrected chi connectivity index (χ1v) is 2.36. The van der Waals surface area contributed by atoms with Crippen LogP contribution in [0.15, 0.2) is 0 Å². The third-order valence-electron chi connectivity index (χ3n) is 1.05. The van der Waals surface area contributed by atoms with Crippen LogP contribution >= 0.6 is 0 Å². The number of aliphatic hydroxyl groups excluding tert-OH is 1. The lowest BCUT2D eigenvalue weighted by Gasteiger charge is -2.19. The Hall–Kier alpha value is -0.750. The topological polar surface area (TPSA) is 83.5 Å². The van der Waals surface area contributed by atoms with Crippen LogP contribution in [0.4, 0.5) is 8.78 Å². The van der Waals surface area contributed by atoms with Crippen molar-refractivity contribution < 1.29 is 23.8 Å². The number of halogens is 2. The number of carboxylic acid groups (broad SMARTS) is 1. The van der Waals surface area contributed by atoms with Gasteiger partial charge < -0.3 is 15.9 Å². The van der Waals surface area contributed by atoms with Gasteiger partial charge in [0.15, 0.2) is 5.54 Å². The average Bonchev–Trinajstić information content (AvgIpc) is 1.85. The van der Waals surface area contributed by atoms with Crippen molar-refractivity contribution >= 4 is 5.97 Å². The lowest BCUT2D eigenvalue weighted by Crippen LogP contribution is -2.57. The van der Waals surface area contributed by atoms with Crippen LogP contribution in [0.5, 0.6) is 0 Å². The van der Waals surface area contributed by atoms with Crippen LogP contribution in [0.2, 0.25) is 0 Å². The van der Waals surface area contributed by atoms with E-state index in [0.29, 0.717) is 0 Å². The second-order valence-corrected chi connectivity index (χ2v) is 1.80. The second-order valence-electron chi connectivity index (χ2n) is 1.80. The minimum Gasteiger partial charge on any atom is -0.480 e. The number of hydrogen-bond acceptors (Lipinski definition) is 3. The standard InChI is InChI=1S/C4H7F2NO3/c5-2(6)4(7,1-8)3(9)10/h2,8H,1,7H2,(H,9,10). The van der Waals surface area contributed by atoms with Gasteiger partial charge in [-0.2, -0.15) is 0 Å². The van der Waals surface area contributed by atoms with Gasteiger partial charge in [0.2, 0.25) is 0 Å². The molecule has 0 amide bonds. The Morgan fingerprint density at radius 2 is 2.10 bits per heavy atom. The Kier molecular flexibility index (Phi) is 2.67. The van der Waals surface area contributed by atoms with Crippen molar-refractivity contribution in [2.24, 2.45) is 5.73 Å². The van der Waals surface area contributed by atoms with Gasteiger partial charge in [-0.1, -0.05) is 0 Å². The first-order chi connectivity index (χ1) is 4.45. The zero-order valence-electron chi connectivity index (χ0n) is 4.92. The number of carboxylic acids is 1. The molecule has 0 fully saturated rings. The highest BCUT2D eigenvalue weighted by molar-refractivity contribution is 5.79. The molecule has 0 aromatic rings. The molecule has 0 spiro atoms. The van der Waals surface area contributed by atoms with Gasteiger partial charge in [-0.25, -0.2) is 13.6 Å². The number of aliphatic hydroxyl groups is 1. The molecule has 0 heterocycles. The third kappa shape index (κ3) is 1.39. The molecule has 0 bridgehead atoms. The molecule has 0 saturated carbocycles. The molecule has 0 rings (SSSR count). The first kappa shape index (κ1) is 9.25. The summed E-state index contributed by atoms with van der Waals surface area (Å²) in [6.45, 7) is -1.28. The van der Waals surface area contributed by atoms with Crippen LogP contribution in [0.3, 0.4) is 0 Å². The first-order valence-electron chi connectivity index (χ1n) is 2.36. The molecule has 0 saturated heterocycles. The summed E-state index contributed by atoms with van der Waals surface area (Å²) in [5.74, 6) is -1.91. The lowest BCUT2D eigenvalue weighted by atomic mass is 10.0. The summed E-state index contributed by atoms with van der Waals surface area (Å²) in [7, 11) is 0. The predicted molar refractivity (Wildman–Crippen MR) is 27.6 cm³/mol. The SMILES string of the molecule is NC(CO)(C(=O)O)C(F)F. The molecule has 0 radical (unpaired) electrons. The van der Waals surface area contributed by atoms with Crippen molar-refractivity contribution in [3.05, 3.63) is 0 Å². The fourth-order valence-corrected chi connectivity index (χ4v) is 0.230. The van der Waals surface area contributed by atoms with E-state index < -0.39 is 24.5 Å². The summed E-state index contributed by atoms with van der Waals surface area (Å²) >= 11 is 0. The maximum Gasteiger partial charge on any atom is 0.332 e. The highest BCUT2D eigenvalue weighted by Crippen LogP contribution is 2.11. The highest BCUT2D eigenvalue weighted by atomic mass is 19.3. The zero-order valence-corrected chi connectivity index (χ0v) is 4.92. The molecule has 60 valence electrons. The van der Waals surface area contributed by atoms with Gasteiger partial charge in [0.1, 0.15) is 0 Å². The maximum atomic E-state index is 11.7. The summed E-state index contributed by atoms with van der Waals surface area (Å²) < 4.78 is 23.3. The van der Waals surface area contributed by atoms with Crippen LogP contribution < -0.4 is 5.73 Å². The average molecular weight is 155 g/mol. The normalized spacial score (nSPS) is 16.9. The fraction of sp³-hybridized carbons (Fsp3) is 0.750. The largest absolute Gasteiger partial charge is 0.480 e. The van der Waals surface area contributed by atoms with Gasteiger partial charge >= 0.3 is 5.97 Å². The quantitative estimate of drug-likeness (QED) is 0.489. The van der Waals surface area contributed by atoms with Crippen LogP contribution in [-0.4, -0.2) is 34.8 Å². The summed E-state index contributed by atoms with van der Waals surface area (Å²) in [6.07, 6.45) is -3.27. The van der Waals surface area contributed by atoms with Crippen molar-refractivity contribution in [2.75, 3.05) is 6.61 Å². The molecule has 0 aromatic carbocycles. The Morgan fingerprint density at radius 1 is 1.70 bits per heavy atom. The minimum absolute atomic E-state index is 1.28.